The molecule has 0 aliphatic rings. The molecule has 2 N–H and O–H groups in total. The number of hydrogen-bond acceptors (Lipinski definition) is 3. The summed E-state index contributed by atoms with van der Waals surface area (Å²) >= 11 is 3.29. The maximum atomic E-state index is 9.86. The maximum absolute atomic E-state index is 9.86. The van der Waals surface area contributed by atoms with Crippen LogP contribution in [0.2, 0.25) is 0 Å². The van der Waals surface area contributed by atoms with Crippen molar-refractivity contribution in [3.8, 4) is 5.75 Å². The molecule has 0 fully saturated rings. The summed E-state index contributed by atoms with van der Waals surface area (Å²) in [5.41, 5.74) is 0.872. The quantitative estimate of drug-likeness (QED) is 0.874. The first kappa shape index (κ1) is 13.5. The molecule has 0 unspecified atom stereocenters. The maximum Gasteiger partial charge on any atom is 0.134 e. The van der Waals surface area contributed by atoms with E-state index in [4.69, 9.17) is 5.11 Å². The van der Waals surface area contributed by atoms with Gasteiger partial charge in [-0.15, -0.1) is 0 Å². The van der Waals surface area contributed by atoms with Crippen molar-refractivity contribution in [2.75, 3.05) is 13.2 Å². The minimum atomic E-state index is 0.132. The highest BCUT2D eigenvalue weighted by Gasteiger charge is 2.12. The van der Waals surface area contributed by atoms with E-state index in [-0.39, 0.29) is 12.4 Å². The van der Waals surface area contributed by atoms with Gasteiger partial charge in [0.25, 0.3) is 0 Å². The summed E-state index contributed by atoms with van der Waals surface area (Å²) in [6.07, 6.45) is 0. The van der Waals surface area contributed by atoms with E-state index in [1.807, 2.05) is 18.2 Å². The summed E-state index contributed by atoms with van der Waals surface area (Å²) in [4.78, 5) is 2.11. The molecule has 90 valence electrons. The van der Waals surface area contributed by atoms with Crippen LogP contribution >= 0.6 is 15.9 Å². The van der Waals surface area contributed by atoms with Crippen LogP contribution in [0.4, 0.5) is 0 Å². The molecule has 1 aromatic carbocycles. The van der Waals surface area contributed by atoms with Crippen LogP contribution in [-0.2, 0) is 6.54 Å². The molecular weight excluding hydrogens is 270 g/mol. The number of benzene rings is 1. The van der Waals surface area contributed by atoms with Crippen LogP contribution in [0.25, 0.3) is 0 Å². The van der Waals surface area contributed by atoms with Gasteiger partial charge in [0, 0.05) is 24.7 Å². The Morgan fingerprint density at radius 2 is 2.06 bits per heavy atom. The molecule has 0 aliphatic carbocycles. The Hall–Kier alpha value is -0.580. The Labute approximate surface area is 105 Å². The second-order valence-electron chi connectivity index (χ2n) is 4.04. The zero-order valence-electron chi connectivity index (χ0n) is 9.65. The minimum Gasteiger partial charge on any atom is -0.506 e. The molecule has 0 aromatic heterocycles. The summed E-state index contributed by atoms with van der Waals surface area (Å²) in [6, 6.07) is 5.94. The lowest BCUT2D eigenvalue weighted by Gasteiger charge is -2.26. The number of phenols is 1. The van der Waals surface area contributed by atoms with E-state index in [1.54, 1.807) is 0 Å². The normalized spacial score (nSPS) is 11.4. The van der Waals surface area contributed by atoms with Gasteiger partial charge in [0.05, 0.1) is 11.1 Å². The predicted octanol–water partition coefficient (Wildman–Crippen LogP) is 2.36. The second-order valence-corrected chi connectivity index (χ2v) is 4.89. The molecular formula is C12H18BrNO2. The molecule has 0 saturated heterocycles. The second kappa shape index (κ2) is 6.23. The van der Waals surface area contributed by atoms with Crippen molar-refractivity contribution in [2.45, 2.75) is 26.4 Å². The van der Waals surface area contributed by atoms with Crippen LogP contribution in [0, 0.1) is 0 Å². The average Bonchev–Trinajstić information content (AvgIpc) is 2.23. The van der Waals surface area contributed by atoms with Gasteiger partial charge in [-0.25, -0.2) is 0 Å². The number of para-hydroxylation sites is 1. The molecule has 0 saturated carbocycles. The van der Waals surface area contributed by atoms with Crippen molar-refractivity contribution < 1.29 is 10.2 Å². The van der Waals surface area contributed by atoms with Gasteiger partial charge in [-0.2, -0.15) is 0 Å². The first-order chi connectivity index (χ1) is 7.56. The van der Waals surface area contributed by atoms with Crippen LogP contribution in [0.3, 0.4) is 0 Å². The fraction of sp³-hybridized carbons (Fsp3) is 0.500. The summed E-state index contributed by atoms with van der Waals surface area (Å²) in [6.45, 7) is 5.54. The zero-order chi connectivity index (χ0) is 12.1. The summed E-state index contributed by atoms with van der Waals surface area (Å²) < 4.78 is 0.706. The first-order valence-electron chi connectivity index (χ1n) is 5.37. The zero-order valence-corrected chi connectivity index (χ0v) is 11.2. The molecule has 0 aliphatic heterocycles. The molecule has 0 amide bonds. The molecule has 0 bridgehead atoms. The van der Waals surface area contributed by atoms with Crippen LogP contribution in [-0.4, -0.2) is 34.3 Å². The molecule has 3 nitrogen and oxygen atoms in total. The number of nitrogens with zero attached hydrogens (tertiary/aromatic N) is 1. The molecule has 0 spiro atoms. The Bertz CT molecular complexity index is 342. The average molecular weight is 288 g/mol. The Morgan fingerprint density at radius 1 is 1.38 bits per heavy atom. The minimum absolute atomic E-state index is 0.132. The third-order valence-corrected chi connectivity index (χ3v) is 3.20. The van der Waals surface area contributed by atoms with Gasteiger partial charge in [0.15, 0.2) is 0 Å². The van der Waals surface area contributed by atoms with Crippen LogP contribution in [0.1, 0.15) is 19.4 Å². The van der Waals surface area contributed by atoms with E-state index < -0.39 is 0 Å². The number of aliphatic hydroxyl groups is 1. The number of rotatable bonds is 5. The number of aromatic hydroxyl groups is 1. The Morgan fingerprint density at radius 3 is 2.62 bits per heavy atom. The molecule has 0 atom stereocenters. The van der Waals surface area contributed by atoms with Crippen LogP contribution in [0.5, 0.6) is 5.75 Å². The number of aliphatic hydroxyl groups excluding tert-OH is 1. The van der Waals surface area contributed by atoms with E-state index in [0.29, 0.717) is 23.6 Å². The van der Waals surface area contributed by atoms with E-state index in [0.717, 1.165) is 5.56 Å². The lowest BCUT2D eigenvalue weighted by Crippen LogP contribution is -2.32. The number of hydrogen-bond donors (Lipinski definition) is 2. The summed E-state index contributed by atoms with van der Waals surface area (Å²) in [5.74, 6) is 0.283. The van der Waals surface area contributed by atoms with Gasteiger partial charge >= 0.3 is 0 Å². The first-order valence-corrected chi connectivity index (χ1v) is 6.16. The summed E-state index contributed by atoms with van der Waals surface area (Å²) in [7, 11) is 0. The highest BCUT2D eigenvalue weighted by Crippen LogP contribution is 2.28. The largest absolute Gasteiger partial charge is 0.506 e. The van der Waals surface area contributed by atoms with Crippen molar-refractivity contribution in [3.63, 3.8) is 0 Å². The molecule has 1 aromatic rings. The lowest BCUT2D eigenvalue weighted by molar-refractivity contribution is 0.158. The topological polar surface area (TPSA) is 43.7 Å². The van der Waals surface area contributed by atoms with Gasteiger partial charge in [-0.1, -0.05) is 12.1 Å². The molecule has 0 radical (unpaired) electrons. The standard InChI is InChI=1S/C12H18BrNO2/c1-9(2)14(6-7-15)8-10-4-3-5-11(13)12(10)16/h3-5,9,15-16H,6-8H2,1-2H3. The molecule has 4 heteroatoms. The highest BCUT2D eigenvalue weighted by atomic mass is 79.9. The van der Waals surface area contributed by atoms with Crippen LogP contribution in [0.15, 0.2) is 22.7 Å². The van der Waals surface area contributed by atoms with E-state index >= 15 is 0 Å². The van der Waals surface area contributed by atoms with Crippen molar-refractivity contribution in [2.24, 2.45) is 0 Å². The SMILES string of the molecule is CC(C)N(CCO)Cc1cccc(Br)c1O. The molecule has 16 heavy (non-hydrogen) atoms. The Kier molecular flexibility index (Phi) is 5.25. The Balaban J connectivity index is 2.81. The fourth-order valence-electron chi connectivity index (χ4n) is 1.55. The third kappa shape index (κ3) is 3.47. The van der Waals surface area contributed by atoms with Gasteiger partial charge in [0.1, 0.15) is 5.75 Å². The lowest BCUT2D eigenvalue weighted by atomic mass is 10.1. The molecule has 0 heterocycles. The van der Waals surface area contributed by atoms with Crippen molar-refractivity contribution in [3.05, 3.63) is 28.2 Å². The van der Waals surface area contributed by atoms with E-state index in [1.165, 1.54) is 0 Å². The van der Waals surface area contributed by atoms with Gasteiger partial charge in [-0.3, -0.25) is 4.90 Å². The smallest absolute Gasteiger partial charge is 0.134 e. The van der Waals surface area contributed by atoms with E-state index in [2.05, 4.69) is 34.7 Å². The summed E-state index contributed by atoms with van der Waals surface area (Å²) in [5, 5.41) is 18.8. The van der Waals surface area contributed by atoms with Gasteiger partial charge in [-0.05, 0) is 35.8 Å². The third-order valence-electron chi connectivity index (χ3n) is 2.56. The number of phenolic OH excluding ortho intramolecular Hbond substituents is 1. The van der Waals surface area contributed by atoms with Crippen molar-refractivity contribution >= 4 is 15.9 Å². The van der Waals surface area contributed by atoms with Gasteiger partial charge < -0.3 is 10.2 Å². The van der Waals surface area contributed by atoms with E-state index in [9.17, 15) is 5.11 Å². The monoisotopic (exact) mass is 287 g/mol. The predicted molar refractivity (Wildman–Crippen MR) is 68.4 cm³/mol. The highest BCUT2D eigenvalue weighted by molar-refractivity contribution is 9.10. The van der Waals surface area contributed by atoms with Crippen LogP contribution < -0.4 is 0 Å². The fourth-order valence-corrected chi connectivity index (χ4v) is 1.96. The number of halogens is 1. The van der Waals surface area contributed by atoms with Crippen molar-refractivity contribution in [1.29, 1.82) is 0 Å². The van der Waals surface area contributed by atoms with Crippen molar-refractivity contribution in [1.82, 2.24) is 4.90 Å². The molecule has 1 rings (SSSR count). The van der Waals surface area contributed by atoms with Gasteiger partial charge in [0.2, 0.25) is 0 Å².